The number of benzene rings is 1. The van der Waals surface area contributed by atoms with Crippen molar-refractivity contribution in [3.8, 4) is 5.69 Å². The van der Waals surface area contributed by atoms with Crippen molar-refractivity contribution < 1.29 is 19.4 Å². The first kappa shape index (κ1) is 16.1. The molecule has 24 heavy (non-hydrogen) atoms. The predicted octanol–water partition coefficient (Wildman–Crippen LogP) is 1.09. The van der Waals surface area contributed by atoms with Crippen molar-refractivity contribution in [2.75, 3.05) is 13.2 Å². The van der Waals surface area contributed by atoms with Crippen LogP contribution in [-0.4, -0.2) is 56.3 Å². The smallest absolute Gasteiger partial charge is 0.354 e. The molecule has 8 nitrogen and oxygen atoms in total. The van der Waals surface area contributed by atoms with Gasteiger partial charge in [0.2, 0.25) is 6.23 Å². The van der Waals surface area contributed by atoms with Crippen molar-refractivity contribution in [3.63, 3.8) is 0 Å². The molecular weight excluding hydrogens is 312 g/mol. The summed E-state index contributed by atoms with van der Waals surface area (Å²) in [5.41, 5.74) is 1.72. The van der Waals surface area contributed by atoms with Crippen LogP contribution in [0.4, 0.5) is 0 Å². The molecule has 8 heteroatoms. The lowest BCUT2D eigenvalue weighted by atomic mass is 10.1. The monoisotopic (exact) mass is 330 g/mol. The molecule has 0 saturated carbocycles. The maximum absolute atomic E-state index is 13.0. The van der Waals surface area contributed by atoms with E-state index in [1.807, 2.05) is 19.9 Å². The summed E-state index contributed by atoms with van der Waals surface area (Å²) >= 11 is 0. The Morgan fingerprint density at radius 3 is 2.67 bits per heavy atom. The Kier molecular flexibility index (Phi) is 4.30. The molecular formula is C16H18N4O4. The molecule has 3 rings (SSSR count). The molecule has 0 bridgehead atoms. The van der Waals surface area contributed by atoms with Gasteiger partial charge in [-0.15, -0.1) is 0 Å². The number of hydrogen-bond acceptors (Lipinski definition) is 5. The summed E-state index contributed by atoms with van der Waals surface area (Å²) < 4.78 is 5.34. The highest BCUT2D eigenvalue weighted by molar-refractivity contribution is 5.99. The second-order valence-corrected chi connectivity index (χ2v) is 5.93. The van der Waals surface area contributed by atoms with Crippen LogP contribution in [0.15, 0.2) is 30.6 Å². The highest BCUT2D eigenvalue weighted by atomic mass is 16.5. The van der Waals surface area contributed by atoms with E-state index < -0.39 is 18.1 Å². The fraction of sp³-hybridized carbons (Fsp3) is 0.375. The summed E-state index contributed by atoms with van der Waals surface area (Å²) in [5.74, 6) is -1.53. The first-order chi connectivity index (χ1) is 11.5. The van der Waals surface area contributed by atoms with Crippen LogP contribution in [0.1, 0.15) is 22.8 Å². The van der Waals surface area contributed by atoms with Gasteiger partial charge in [-0.05, 0) is 25.0 Å². The van der Waals surface area contributed by atoms with Crippen LogP contribution in [0, 0.1) is 12.8 Å². The summed E-state index contributed by atoms with van der Waals surface area (Å²) in [6.45, 7) is 4.39. The predicted molar refractivity (Wildman–Crippen MR) is 83.7 cm³/mol. The van der Waals surface area contributed by atoms with Gasteiger partial charge in [0.15, 0.2) is 0 Å². The van der Waals surface area contributed by atoms with Gasteiger partial charge in [0.05, 0.1) is 30.3 Å². The van der Waals surface area contributed by atoms with Gasteiger partial charge in [-0.1, -0.05) is 18.6 Å². The third-order valence-electron chi connectivity index (χ3n) is 3.82. The third kappa shape index (κ3) is 3.00. The minimum absolute atomic E-state index is 0.0561. The molecule has 2 unspecified atom stereocenters. The van der Waals surface area contributed by atoms with Crippen molar-refractivity contribution >= 4 is 11.9 Å². The number of aryl methyl sites for hydroxylation is 1. The molecule has 0 spiro atoms. The average molecular weight is 330 g/mol. The summed E-state index contributed by atoms with van der Waals surface area (Å²) in [6.07, 6.45) is 1.74. The first-order valence-electron chi connectivity index (χ1n) is 7.60. The Morgan fingerprint density at radius 2 is 2.00 bits per heavy atom. The van der Waals surface area contributed by atoms with E-state index in [2.05, 4.69) is 10.2 Å². The minimum Gasteiger partial charge on any atom is -0.478 e. The molecule has 126 valence electrons. The van der Waals surface area contributed by atoms with E-state index >= 15 is 0 Å². The Morgan fingerprint density at radius 1 is 1.29 bits per heavy atom. The van der Waals surface area contributed by atoms with Crippen LogP contribution in [0.5, 0.6) is 0 Å². The molecule has 1 fully saturated rings. The second-order valence-electron chi connectivity index (χ2n) is 5.93. The van der Waals surface area contributed by atoms with Gasteiger partial charge in [0, 0.05) is 6.54 Å². The summed E-state index contributed by atoms with van der Waals surface area (Å²) in [6, 6.07) is 5.30. The third-order valence-corrected chi connectivity index (χ3v) is 3.82. The number of hydrogen-bond donors (Lipinski definition) is 1. The fourth-order valence-electron chi connectivity index (χ4n) is 2.71. The standard InChI is InChI=1S/C16H18N4O4/c1-10-3-4-13(20-17-5-6-18-20)12(7-10)14(21)19-8-11(2)9-24-15(19)16(22)23/h3-7,11,15H,8-9H2,1-2H3,(H,22,23). The Balaban J connectivity index is 2.02. The number of carbonyl (C=O) groups excluding carboxylic acids is 1. The molecule has 2 atom stereocenters. The molecule has 1 aliphatic heterocycles. The van der Waals surface area contributed by atoms with Crippen LogP contribution >= 0.6 is 0 Å². The average Bonchev–Trinajstić information content (AvgIpc) is 3.08. The van der Waals surface area contributed by atoms with E-state index in [0.29, 0.717) is 24.4 Å². The van der Waals surface area contributed by atoms with Crippen molar-refractivity contribution in [2.45, 2.75) is 20.1 Å². The van der Waals surface area contributed by atoms with E-state index in [1.54, 1.807) is 12.1 Å². The SMILES string of the molecule is Cc1ccc(-n2nccn2)c(C(=O)N2CC(C)COC2C(=O)O)c1. The van der Waals surface area contributed by atoms with Gasteiger partial charge in [-0.3, -0.25) is 4.79 Å². The van der Waals surface area contributed by atoms with Crippen molar-refractivity contribution in [3.05, 3.63) is 41.7 Å². The normalized spacial score (nSPS) is 20.8. The number of amides is 1. The lowest BCUT2D eigenvalue weighted by Crippen LogP contribution is -2.53. The number of carboxylic acids is 1. The highest BCUT2D eigenvalue weighted by Crippen LogP contribution is 2.22. The zero-order valence-corrected chi connectivity index (χ0v) is 13.4. The fourth-order valence-corrected chi connectivity index (χ4v) is 2.71. The van der Waals surface area contributed by atoms with Gasteiger partial charge in [0.1, 0.15) is 0 Å². The lowest BCUT2D eigenvalue weighted by molar-refractivity contribution is -0.171. The van der Waals surface area contributed by atoms with Gasteiger partial charge >= 0.3 is 5.97 Å². The minimum atomic E-state index is -1.28. The molecule has 1 aromatic heterocycles. The number of ether oxygens (including phenoxy) is 1. The van der Waals surface area contributed by atoms with Crippen LogP contribution in [0.25, 0.3) is 5.69 Å². The van der Waals surface area contributed by atoms with E-state index in [-0.39, 0.29) is 5.92 Å². The maximum Gasteiger partial charge on any atom is 0.354 e. The van der Waals surface area contributed by atoms with Crippen molar-refractivity contribution in [1.82, 2.24) is 19.9 Å². The number of aromatic nitrogens is 3. The van der Waals surface area contributed by atoms with Crippen molar-refractivity contribution in [1.29, 1.82) is 0 Å². The molecule has 0 radical (unpaired) electrons. The van der Waals surface area contributed by atoms with Crippen molar-refractivity contribution in [2.24, 2.45) is 5.92 Å². The van der Waals surface area contributed by atoms with Crippen LogP contribution in [-0.2, 0) is 9.53 Å². The maximum atomic E-state index is 13.0. The van der Waals surface area contributed by atoms with Gasteiger partial charge in [-0.25, -0.2) is 4.79 Å². The zero-order valence-electron chi connectivity index (χ0n) is 13.4. The van der Waals surface area contributed by atoms with Gasteiger partial charge in [-0.2, -0.15) is 15.0 Å². The van der Waals surface area contributed by atoms with Gasteiger partial charge < -0.3 is 14.7 Å². The van der Waals surface area contributed by atoms with E-state index in [4.69, 9.17) is 4.74 Å². The summed E-state index contributed by atoms with van der Waals surface area (Å²) in [5, 5.41) is 17.5. The molecule has 2 aromatic rings. The largest absolute Gasteiger partial charge is 0.478 e. The number of aliphatic carboxylic acids is 1. The molecule has 1 aliphatic rings. The molecule has 1 amide bonds. The topological polar surface area (TPSA) is 97.5 Å². The second kappa shape index (κ2) is 6.40. The number of rotatable bonds is 3. The summed E-state index contributed by atoms with van der Waals surface area (Å²) in [7, 11) is 0. The Hall–Kier alpha value is -2.74. The van der Waals surface area contributed by atoms with Gasteiger partial charge in [0.25, 0.3) is 5.91 Å². The quantitative estimate of drug-likeness (QED) is 0.905. The van der Waals surface area contributed by atoms with E-state index in [9.17, 15) is 14.7 Å². The summed E-state index contributed by atoms with van der Waals surface area (Å²) in [4.78, 5) is 27.1. The van der Waals surface area contributed by atoms with Crippen LogP contribution < -0.4 is 0 Å². The Labute approximate surface area is 138 Å². The molecule has 2 heterocycles. The molecule has 0 aliphatic carbocycles. The molecule has 1 N–H and O–H groups in total. The van der Waals surface area contributed by atoms with Crippen LogP contribution in [0.2, 0.25) is 0 Å². The van der Waals surface area contributed by atoms with E-state index in [1.165, 1.54) is 22.1 Å². The number of carbonyl (C=O) groups is 2. The lowest BCUT2D eigenvalue weighted by Gasteiger charge is -2.36. The zero-order chi connectivity index (χ0) is 17.3. The van der Waals surface area contributed by atoms with Crippen LogP contribution in [0.3, 0.4) is 0 Å². The molecule has 1 saturated heterocycles. The number of carboxylic acid groups (broad SMARTS) is 1. The first-order valence-corrected chi connectivity index (χ1v) is 7.60. The van der Waals surface area contributed by atoms with E-state index in [0.717, 1.165) is 5.56 Å². The highest BCUT2D eigenvalue weighted by Gasteiger charge is 2.37. The number of nitrogens with zero attached hydrogens (tertiary/aromatic N) is 4. The molecule has 1 aromatic carbocycles. The Bertz CT molecular complexity index is 759.